The molecule has 0 spiro atoms. The van der Waals surface area contributed by atoms with Crippen molar-refractivity contribution in [2.24, 2.45) is 0 Å². The van der Waals surface area contributed by atoms with Crippen LogP contribution in [0.15, 0.2) is 28.7 Å². The zero-order valence-corrected chi connectivity index (χ0v) is 13.3. The Hall–Kier alpha value is -0.920. The van der Waals surface area contributed by atoms with E-state index in [0.29, 0.717) is 10.2 Å². The van der Waals surface area contributed by atoms with E-state index in [-0.39, 0.29) is 6.04 Å². The molecule has 0 aliphatic rings. The standard InChI is InChI=1S/C11H15BrN4S2/c1-7(2)13-10(17)15-16-11(18)14-9-5-3-4-8(12)6-9/h3-7H,1-2H3,(H2,13,15,17)(H2,14,16,18). The number of benzene rings is 1. The third kappa shape index (κ3) is 6.13. The van der Waals surface area contributed by atoms with Crippen LogP contribution < -0.4 is 21.5 Å². The van der Waals surface area contributed by atoms with Gasteiger partial charge < -0.3 is 10.6 Å². The fraction of sp³-hybridized carbons (Fsp3) is 0.273. The number of anilines is 1. The Balaban J connectivity index is 2.36. The van der Waals surface area contributed by atoms with Crippen molar-refractivity contribution < 1.29 is 0 Å². The summed E-state index contributed by atoms with van der Waals surface area (Å²) in [6, 6.07) is 8.00. The lowest BCUT2D eigenvalue weighted by Gasteiger charge is -2.15. The molecule has 98 valence electrons. The highest BCUT2D eigenvalue weighted by molar-refractivity contribution is 9.10. The lowest BCUT2D eigenvalue weighted by Crippen LogP contribution is -2.49. The van der Waals surface area contributed by atoms with Crippen molar-refractivity contribution in [1.29, 1.82) is 0 Å². The van der Waals surface area contributed by atoms with Crippen LogP contribution >= 0.6 is 40.4 Å². The average molecular weight is 347 g/mol. The van der Waals surface area contributed by atoms with Crippen molar-refractivity contribution in [2.45, 2.75) is 19.9 Å². The smallest absolute Gasteiger partial charge is 0.189 e. The number of nitrogens with one attached hydrogen (secondary N) is 4. The molecule has 1 rings (SSSR count). The molecule has 0 heterocycles. The highest BCUT2D eigenvalue weighted by Gasteiger charge is 2.00. The van der Waals surface area contributed by atoms with Gasteiger partial charge in [-0.3, -0.25) is 10.9 Å². The summed E-state index contributed by atoms with van der Waals surface area (Å²) in [4.78, 5) is 0. The number of hydrazine groups is 1. The Bertz CT molecular complexity index is 437. The molecule has 0 radical (unpaired) electrons. The van der Waals surface area contributed by atoms with Crippen LogP contribution in [0.25, 0.3) is 0 Å². The van der Waals surface area contributed by atoms with Crippen molar-refractivity contribution in [1.82, 2.24) is 16.2 Å². The maximum absolute atomic E-state index is 5.12. The molecule has 0 aliphatic carbocycles. The van der Waals surface area contributed by atoms with Gasteiger partial charge in [0.2, 0.25) is 0 Å². The molecule has 1 aromatic rings. The normalized spacial score (nSPS) is 9.78. The first-order chi connectivity index (χ1) is 8.47. The lowest BCUT2D eigenvalue weighted by atomic mass is 10.3. The molecular formula is C11H15BrN4S2. The van der Waals surface area contributed by atoms with Gasteiger partial charge in [0.1, 0.15) is 0 Å². The van der Waals surface area contributed by atoms with E-state index in [0.717, 1.165) is 10.2 Å². The van der Waals surface area contributed by atoms with E-state index < -0.39 is 0 Å². The van der Waals surface area contributed by atoms with Gasteiger partial charge >= 0.3 is 0 Å². The van der Waals surface area contributed by atoms with E-state index in [4.69, 9.17) is 24.4 Å². The number of hydrogen-bond donors (Lipinski definition) is 4. The zero-order chi connectivity index (χ0) is 13.5. The highest BCUT2D eigenvalue weighted by Crippen LogP contribution is 2.15. The van der Waals surface area contributed by atoms with Gasteiger partial charge in [0.25, 0.3) is 0 Å². The van der Waals surface area contributed by atoms with Gasteiger partial charge in [-0.05, 0) is 56.5 Å². The summed E-state index contributed by atoms with van der Waals surface area (Å²) < 4.78 is 0.986. The monoisotopic (exact) mass is 346 g/mol. The largest absolute Gasteiger partial charge is 0.359 e. The van der Waals surface area contributed by atoms with Crippen LogP contribution in [0.1, 0.15) is 13.8 Å². The van der Waals surface area contributed by atoms with Crippen molar-refractivity contribution >= 4 is 56.3 Å². The predicted molar refractivity (Wildman–Crippen MR) is 87.5 cm³/mol. The maximum Gasteiger partial charge on any atom is 0.189 e. The lowest BCUT2D eigenvalue weighted by molar-refractivity contribution is 0.705. The molecule has 0 atom stereocenters. The van der Waals surface area contributed by atoms with Gasteiger partial charge in [-0.2, -0.15) is 0 Å². The molecule has 18 heavy (non-hydrogen) atoms. The quantitative estimate of drug-likeness (QED) is 0.487. The molecule has 0 saturated carbocycles. The molecule has 0 aliphatic heterocycles. The van der Waals surface area contributed by atoms with E-state index in [1.165, 1.54) is 0 Å². The molecular weight excluding hydrogens is 332 g/mol. The first kappa shape index (κ1) is 15.1. The third-order valence-electron chi connectivity index (χ3n) is 1.79. The molecule has 0 aromatic heterocycles. The van der Waals surface area contributed by atoms with Crippen LogP contribution in [0, 0.1) is 0 Å². The first-order valence-corrected chi connectivity index (χ1v) is 6.97. The van der Waals surface area contributed by atoms with Gasteiger partial charge in [-0.15, -0.1) is 0 Å². The topological polar surface area (TPSA) is 48.1 Å². The van der Waals surface area contributed by atoms with E-state index in [9.17, 15) is 0 Å². The van der Waals surface area contributed by atoms with E-state index >= 15 is 0 Å². The Morgan fingerprint density at radius 1 is 1.17 bits per heavy atom. The SMILES string of the molecule is CC(C)NC(=S)NNC(=S)Nc1cccc(Br)c1. The minimum absolute atomic E-state index is 0.276. The minimum atomic E-state index is 0.276. The second-order valence-electron chi connectivity index (χ2n) is 3.84. The van der Waals surface area contributed by atoms with Crippen molar-refractivity contribution in [3.05, 3.63) is 28.7 Å². The number of rotatable bonds is 2. The zero-order valence-electron chi connectivity index (χ0n) is 10.1. The van der Waals surface area contributed by atoms with Crippen LogP contribution in [0.3, 0.4) is 0 Å². The molecule has 0 unspecified atom stereocenters. The molecule has 0 saturated heterocycles. The van der Waals surface area contributed by atoms with Gasteiger partial charge in [0.05, 0.1) is 0 Å². The Morgan fingerprint density at radius 2 is 1.83 bits per heavy atom. The Kier molecular flexibility index (Phi) is 6.31. The van der Waals surface area contributed by atoms with Gasteiger partial charge in [0, 0.05) is 16.2 Å². The van der Waals surface area contributed by atoms with Gasteiger partial charge in [-0.1, -0.05) is 22.0 Å². The third-order valence-corrected chi connectivity index (χ3v) is 2.71. The fourth-order valence-corrected chi connectivity index (χ4v) is 2.00. The van der Waals surface area contributed by atoms with E-state index in [1.54, 1.807) is 0 Å². The molecule has 0 fully saturated rings. The van der Waals surface area contributed by atoms with Crippen LogP contribution in [0.4, 0.5) is 5.69 Å². The summed E-state index contributed by atoms with van der Waals surface area (Å²) in [6.07, 6.45) is 0. The average Bonchev–Trinajstić information content (AvgIpc) is 2.25. The van der Waals surface area contributed by atoms with Crippen LogP contribution in [-0.4, -0.2) is 16.3 Å². The molecule has 4 N–H and O–H groups in total. The van der Waals surface area contributed by atoms with Crippen LogP contribution in [0.2, 0.25) is 0 Å². The Morgan fingerprint density at radius 3 is 2.44 bits per heavy atom. The summed E-state index contributed by atoms with van der Waals surface area (Å²) in [5, 5.41) is 7.01. The molecule has 1 aromatic carbocycles. The maximum atomic E-state index is 5.12. The van der Waals surface area contributed by atoms with E-state index in [2.05, 4.69) is 37.4 Å². The van der Waals surface area contributed by atoms with Crippen molar-refractivity contribution in [3.63, 3.8) is 0 Å². The summed E-state index contributed by atoms with van der Waals surface area (Å²) >= 11 is 13.6. The fourth-order valence-electron chi connectivity index (χ4n) is 1.14. The highest BCUT2D eigenvalue weighted by atomic mass is 79.9. The Labute approximate surface area is 126 Å². The summed E-state index contributed by atoms with van der Waals surface area (Å²) in [5.74, 6) is 0. The van der Waals surface area contributed by atoms with E-state index in [1.807, 2.05) is 38.1 Å². The number of halogens is 1. The van der Waals surface area contributed by atoms with Crippen molar-refractivity contribution in [2.75, 3.05) is 5.32 Å². The van der Waals surface area contributed by atoms with Crippen molar-refractivity contribution in [3.8, 4) is 0 Å². The first-order valence-electron chi connectivity index (χ1n) is 5.36. The summed E-state index contributed by atoms with van der Waals surface area (Å²) in [6.45, 7) is 4.01. The van der Waals surface area contributed by atoms with Crippen LogP contribution in [-0.2, 0) is 0 Å². The second kappa shape index (κ2) is 7.50. The van der Waals surface area contributed by atoms with Gasteiger partial charge in [-0.25, -0.2) is 0 Å². The molecule has 0 amide bonds. The second-order valence-corrected chi connectivity index (χ2v) is 5.57. The minimum Gasteiger partial charge on any atom is -0.359 e. The molecule has 7 heteroatoms. The predicted octanol–water partition coefficient (Wildman–Crippen LogP) is 2.52. The summed E-state index contributed by atoms with van der Waals surface area (Å²) in [7, 11) is 0. The van der Waals surface area contributed by atoms with Crippen LogP contribution in [0.5, 0.6) is 0 Å². The number of hydrogen-bond acceptors (Lipinski definition) is 2. The molecule has 0 bridgehead atoms. The molecule has 4 nitrogen and oxygen atoms in total. The summed E-state index contributed by atoms with van der Waals surface area (Å²) in [5.41, 5.74) is 6.51. The van der Waals surface area contributed by atoms with Gasteiger partial charge in [0.15, 0.2) is 10.2 Å². The number of thiocarbonyl (C=S) groups is 2.